The first-order chi connectivity index (χ1) is 8.43. The van der Waals surface area contributed by atoms with Crippen LogP contribution in [-0.4, -0.2) is 34.1 Å². The van der Waals surface area contributed by atoms with Gasteiger partial charge in [-0.15, -0.1) is 5.53 Å². The van der Waals surface area contributed by atoms with Crippen molar-refractivity contribution in [2.24, 2.45) is 0 Å². The van der Waals surface area contributed by atoms with E-state index < -0.39 is 0 Å². The molecular weight excluding hydrogens is 216 g/mol. The third-order valence-corrected chi connectivity index (χ3v) is 3.13. The summed E-state index contributed by atoms with van der Waals surface area (Å²) in [5.41, 5.74) is 8.13. The fourth-order valence-corrected chi connectivity index (χ4v) is 2.18. The Balaban J connectivity index is 1.72. The summed E-state index contributed by atoms with van der Waals surface area (Å²) >= 11 is 0. The van der Waals surface area contributed by atoms with Crippen molar-refractivity contribution in [3.05, 3.63) is 30.5 Å². The highest BCUT2D eigenvalue weighted by atomic mass is 15.7. The summed E-state index contributed by atoms with van der Waals surface area (Å²) in [5, 5.41) is 5.49. The molecule has 6 nitrogen and oxygen atoms in total. The van der Waals surface area contributed by atoms with Crippen molar-refractivity contribution in [1.29, 1.82) is 0 Å². The molecule has 0 aromatic carbocycles. The normalized spacial score (nSPS) is 21.2. The number of hydrogen-bond donors (Lipinski definition) is 3. The van der Waals surface area contributed by atoms with Crippen LogP contribution < -0.4 is 16.3 Å². The van der Waals surface area contributed by atoms with Crippen molar-refractivity contribution in [1.82, 2.24) is 31.3 Å². The van der Waals surface area contributed by atoms with Crippen LogP contribution in [0.4, 0.5) is 0 Å². The maximum atomic E-state index is 4.27. The van der Waals surface area contributed by atoms with Crippen molar-refractivity contribution in [3.8, 4) is 0 Å². The van der Waals surface area contributed by atoms with E-state index >= 15 is 0 Å². The minimum absolute atomic E-state index is 0.540. The Morgan fingerprint density at radius 3 is 2.88 bits per heavy atom. The number of hydrazine groups is 2. The quantitative estimate of drug-likeness (QED) is 0.659. The van der Waals surface area contributed by atoms with Crippen LogP contribution >= 0.6 is 0 Å². The van der Waals surface area contributed by atoms with Gasteiger partial charge in [-0.1, -0.05) is 0 Å². The van der Waals surface area contributed by atoms with Crippen molar-refractivity contribution >= 4 is 5.70 Å². The summed E-state index contributed by atoms with van der Waals surface area (Å²) < 4.78 is 0. The van der Waals surface area contributed by atoms with Gasteiger partial charge in [0.25, 0.3) is 0 Å². The lowest BCUT2D eigenvalue weighted by Gasteiger charge is -2.30. The molecule has 0 aliphatic carbocycles. The van der Waals surface area contributed by atoms with Crippen molar-refractivity contribution in [2.45, 2.75) is 18.9 Å². The number of nitrogens with one attached hydrogen (secondary N) is 3. The summed E-state index contributed by atoms with van der Waals surface area (Å²) in [6.07, 6.45) is 9.51. The van der Waals surface area contributed by atoms with Crippen molar-refractivity contribution in [3.63, 3.8) is 0 Å². The molecule has 0 spiro atoms. The lowest BCUT2D eigenvalue weighted by Crippen LogP contribution is -2.47. The van der Waals surface area contributed by atoms with Gasteiger partial charge in [0.1, 0.15) is 5.69 Å². The monoisotopic (exact) mass is 232 g/mol. The molecule has 1 aromatic heterocycles. The second kappa shape index (κ2) is 4.68. The van der Waals surface area contributed by atoms with E-state index in [9.17, 15) is 0 Å². The molecule has 3 N–H and O–H groups in total. The average molecular weight is 232 g/mol. The zero-order valence-electron chi connectivity index (χ0n) is 9.56. The topological polar surface area (TPSA) is 65.1 Å². The maximum absolute atomic E-state index is 4.27. The van der Waals surface area contributed by atoms with Gasteiger partial charge < -0.3 is 10.7 Å². The van der Waals surface area contributed by atoms with Crippen LogP contribution in [0.2, 0.25) is 0 Å². The van der Waals surface area contributed by atoms with Crippen LogP contribution in [-0.2, 0) is 0 Å². The van der Waals surface area contributed by atoms with E-state index in [0.717, 1.165) is 37.3 Å². The number of piperidine rings is 1. The minimum Gasteiger partial charge on any atom is -0.317 e. The lowest BCUT2D eigenvalue weighted by atomic mass is 10.1. The van der Waals surface area contributed by atoms with Crippen LogP contribution in [0.5, 0.6) is 0 Å². The molecule has 1 aromatic rings. The fraction of sp³-hybridized carbons (Fsp3) is 0.455. The third kappa shape index (κ3) is 2.22. The SMILES string of the molecule is C1=C(c2cnccn2)NNN1C1CCNCC1. The average Bonchev–Trinajstić information content (AvgIpc) is 2.90. The maximum Gasteiger partial charge on any atom is 0.107 e. The van der Waals surface area contributed by atoms with Gasteiger partial charge in [-0.2, -0.15) is 0 Å². The molecule has 1 saturated heterocycles. The van der Waals surface area contributed by atoms with E-state index in [0.29, 0.717) is 6.04 Å². The molecule has 0 unspecified atom stereocenters. The van der Waals surface area contributed by atoms with Gasteiger partial charge in [0, 0.05) is 24.6 Å². The van der Waals surface area contributed by atoms with Gasteiger partial charge in [-0.25, -0.2) is 0 Å². The number of hydrogen-bond acceptors (Lipinski definition) is 6. The number of aromatic nitrogens is 2. The Hall–Kier alpha value is -1.66. The number of rotatable bonds is 2. The highest BCUT2D eigenvalue weighted by molar-refractivity contribution is 5.60. The second-order valence-corrected chi connectivity index (χ2v) is 4.26. The molecule has 90 valence electrons. The molecule has 3 heterocycles. The van der Waals surface area contributed by atoms with Crippen molar-refractivity contribution < 1.29 is 0 Å². The molecule has 1 fully saturated rings. The molecule has 0 atom stereocenters. The predicted molar refractivity (Wildman–Crippen MR) is 64.0 cm³/mol. The molecule has 0 bridgehead atoms. The highest BCUT2D eigenvalue weighted by Crippen LogP contribution is 2.17. The van der Waals surface area contributed by atoms with Gasteiger partial charge in [-0.05, 0) is 25.9 Å². The molecule has 17 heavy (non-hydrogen) atoms. The molecule has 3 rings (SSSR count). The smallest absolute Gasteiger partial charge is 0.107 e. The van der Waals surface area contributed by atoms with E-state index in [1.165, 1.54) is 0 Å². The van der Waals surface area contributed by atoms with Gasteiger partial charge in [-0.3, -0.25) is 15.0 Å². The summed E-state index contributed by atoms with van der Waals surface area (Å²) in [5.74, 6) is 0. The largest absolute Gasteiger partial charge is 0.317 e. The standard InChI is InChI=1S/C11H16N6/c1-3-12-4-2-9(1)17-8-11(15-16-17)10-7-13-5-6-14-10/h5-9,12,15-16H,1-4H2. The van der Waals surface area contributed by atoms with E-state index in [-0.39, 0.29) is 0 Å². The van der Waals surface area contributed by atoms with Crippen LogP contribution in [0.25, 0.3) is 5.70 Å². The first-order valence-corrected chi connectivity index (χ1v) is 5.92. The Bertz CT molecular complexity index is 398. The summed E-state index contributed by atoms with van der Waals surface area (Å²) in [6, 6.07) is 0.540. The van der Waals surface area contributed by atoms with Crippen LogP contribution in [0, 0.1) is 0 Å². The zero-order chi connectivity index (χ0) is 11.5. The van der Waals surface area contributed by atoms with E-state index in [4.69, 9.17) is 0 Å². The summed E-state index contributed by atoms with van der Waals surface area (Å²) in [7, 11) is 0. The second-order valence-electron chi connectivity index (χ2n) is 4.26. The molecule has 6 heteroatoms. The Labute approximate surface area is 100 Å². The minimum atomic E-state index is 0.540. The highest BCUT2D eigenvalue weighted by Gasteiger charge is 2.23. The van der Waals surface area contributed by atoms with Crippen LogP contribution in [0.3, 0.4) is 0 Å². The number of nitrogens with zero attached hydrogens (tertiary/aromatic N) is 3. The van der Waals surface area contributed by atoms with Crippen LogP contribution in [0.1, 0.15) is 18.5 Å². The lowest BCUT2D eigenvalue weighted by molar-refractivity contribution is 0.163. The molecular formula is C11H16N6. The fourth-order valence-electron chi connectivity index (χ4n) is 2.18. The zero-order valence-corrected chi connectivity index (χ0v) is 9.56. The molecule has 0 radical (unpaired) electrons. The Morgan fingerprint density at radius 2 is 2.12 bits per heavy atom. The first kappa shape index (κ1) is 10.5. The Morgan fingerprint density at radius 1 is 1.24 bits per heavy atom. The third-order valence-electron chi connectivity index (χ3n) is 3.13. The van der Waals surface area contributed by atoms with Crippen LogP contribution in [0.15, 0.2) is 24.8 Å². The Kier molecular flexibility index (Phi) is 2.89. The van der Waals surface area contributed by atoms with Crippen molar-refractivity contribution in [2.75, 3.05) is 13.1 Å². The van der Waals surface area contributed by atoms with Gasteiger partial charge >= 0.3 is 0 Å². The molecule has 2 aliphatic rings. The molecule has 0 saturated carbocycles. The van der Waals surface area contributed by atoms with E-state index in [1.807, 2.05) is 0 Å². The van der Waals surface area contributed by atoms with Gasteiger partial charge in [0.05, 0.1) is 11.9 Å². The summed E-state index contributed by atoms with van der Waals surface area (Å²) in [4.78, 5) is 8.34. The van der Waals surface area contributed by atoms with Gasteiger partial charge in [0.2, 0.25) is 0 Å². The summed E-state index contributed by atoms with van der Waals surface area (Å²) in [6.45, 7) is 2.16. The molecule has 0 amide bonds. The molecule has 2 aliphatic heterocycles. The first-order valence-electron chi connectivity index (χ1n) is 5.92. The predicted octanol–water partition coefficient (Wildman–Crippen LogP) is -0.148. The van der Waals surface area contributed by atoms with E-state index in [2.05, 4.69) is 37.5 Å². The van der Waals surface area contributed by atoms with Gasteiger partial charge in [0.15, 0.2) is 0 Å². The van der Waals surface area contributed by atoms with E-state index in [1.54, 1.807) is 18.6 Å².